The molecule has 0 unspecified atom stereocenters. The second-order valence-electron chi connectivity index (χ2n) is 10.8. The third-order valence-corrected chi connectivity index (χ3v) is 8.32. The molecule has 208 valence electrons. The van der Waals surface area contributed by atoms with Gasteiger partial charge in [0.2, 0.25) is 5.95 Å². The van der Waals surface area contributed by atoms with Crippen molar-refractivity contribution in [3.8, 4) is 22.3 Å². The maximum Gasteiger partial charge on any atom is 0.260 e. The van der Waals surface area contributed by atoms with Crippen LogP contribution in [0.15, 0.2) is 77.9 Å². The Morgan fingerprint density at radius 3 is 2.37 bits per heavy atom. The Bertz CT molecular complexity index is 1760. The Kier molecular flexibility index (Phi) is 7.56. The van der Waals surface area contributed by atoms with Crippen molar-refractivity contribution in [3.05, 3.63) is 99.7 Å². The molecule has 0 atom stereocenters. The largest absolute Gasteiger partial charge is 0.324 e. The fourth-order valence-electron chi connectivity index (χ4n) is 5.57. The summed E-state index contributed by atoms with van der Waals surface area (Å²) in [5.74, 6) is 1.06. The van der Waals surface area contributed by atoms with Gasteiger partial charge >= 0.3 is 0 Å². The van der Waals surface area contributed by atoms with Crippen LogP contribution in [0.3, 0.4) is 0 Å². The van der Waals surface area contributed by atoms with Crippen molar-refractivity contribution < 1.29 is 0 Å². The highest BCUT2D eigenvalue weighted by atomic mass is 35.5. The maximum absolute atomic E-state index is 13.6. The van der Waals surface area contributed by atoms with Crippen molar-refractivity contribution in [2.75, 3.05) is 25.5 Å². The van der Waals surface area contributed by atoms with E-state index in [1.54, 1.807) is 10.8 Å². The summed E-state index contributed by atoms with van der Waals surface area (Å²) in [6.45, 7) is 6.64. The van der Waals surface area contributed by atoms with Gasteiger partial charge in [0.05, 0.1) is 0 Å². The molecule has 1 N–H and O–H groups in total. The number of halogens is 1. The van der Waals surface area contributed by atoms with Crippen molar-refractivity contribution in [2.24, 2.45) is 0 Å². The summed E-state index contributed by atoms with van der Waals surface area (Å²) in [7, 11) is 2.18. The van der Waals surface area contributed by atoms with E-state index in [2.05, 4.69) is 51.5 Å². The van der Waals surface area contributed by atoms with Crippen LogP contribution in [-0.2, 0) is 6.54 Å². The molecule has 5 aromatic rings. The van der Waals surface area contributed by atoms with Crippen LogP contribution >= 0.6 is 11.6 Å². The van der Waals surface area contributed by atoms with Crippen molar-refractivity contribution >= 4 is 34.3 Å². The standard InChI is InChI=1S/C33H33ClN6O/c1-4-40-31-26(17-29(32(40)41)28-12-9-24(18-30(28)34)25-6-5-21(2)35-19-25)20-36-33(38-31)37-27-10-7-22(8-11-27)23-13-15-39(3)16-14-23/h5-12,17-20,23H,4,13-16H2,1-3H3,(H,36,37,38). The van der Waals surface area contributed by atoms with Crippen LogP contribution < -0.4 is 10.9 Å². The van der Waals surface area contributed by atoms with Crippen molar-refractivity contribution in [3.63, 3.8) is 0 Å². The van der Waals surface area contributed by atoms with Crippen molar-refractivity contribution in [1.29, 1.82) is 0 Å². The van der Waals surface area contributed by atoms with Gasteiger partial charge in [0.15, 0.2) is 0 Å². The number of aryl methyl sites for hydroxylation is 2. The molecule has 1 aliphatic heterocycles. The molecule has 41 heavy (non-hydrogen) atoms. The number of rotatable bonds is 6. The summed E-state index contributed by atoms with van der Waals surface area (Å²) in [6.07, 6.45) is 5.96. The Hall–Kier alpha value is -4.07. The number of hydrogen-bond donors (Lipinski definition) is 1. The lowest BCUT2D eigenvalue weighted by Gasteiger charge is -2.29. The Morgan fingerprint density at radius 2 is 1.68 bits per heavy atom. The number of nitrogens with one attached hydrogen (secondary N) is 1. The SMILES string of the molecule is CCn1c(=O)c(-c2ccc(-c3ccc(C)nc3)cc2Cl)cc2cnc(Nc3ccc(C4CCN(C)CC4)cc3)nc21. The minimum absolute atomic E-state index is 0.140. The number of likely N-dealkylation sites (tertiary alicyclic amines) is 1. The van der Waals surface area contributed by atoms with E-state index < -0.39 is 0 Å². The topological polar surface area (TPSA) is 75.9 Å². The van der Waals surface area contributed by atoms with Crippen LogP contribution in [0.4, 0.5) is 11.6 Å². The number of hydrogen-bond acceptors (Lipinski definition) is 6. The molecule has 1 aliphatic rings. The Balaban J connectivity index is 1.28. The molecule has 0 amide bonds. The monoisotopic (exact) mass is 564 g/mol. The molecule has 0 aliphatic carbocycles. The van der Waals surface area contributed by atoms with Gasteiger partial charge in [-0.3, -0.25) is 14.3 Å². The van der Waals surface area contributed by atoms with Crippen LogP contribution in [0, 0.1) is 6.92 Å². The van der Waals surface area contributed by atoms with Crippen LogP contribution in [0.25, 0.3) is 33.3 Å². The third-order valence-electron chi connectivity index (χ3n) is 8.00. The zero-order valence-corrected chi connectivity index (χ0v) is 24.3. The predicted molar refractivity (Wildman–Crippen MR) is 167 cm³/mol. The molecule has 7 nitrogen and oxygen atoms in total. The van der Waals surface area contributed by atoms with E-state index in [9.17, 15) is 4.79 Å². The summed E-state index contributed by atoms with van der Waals surface area (Å²) >= 11 is 6.73. The number of aromatic nitrogens is 4. The van der Waals surface area contributed by atoms with E-state index in [-0.39, 0.29) is 5.56 Å². The Labute approximate surface area is 244 Å². The highest BCUT2D eigenvalue weighted by Crippen LogP contribution is 2.32. The zero-order valence-electron chi connectivity index (χ0n) is 23.6. The van der Waals surface area contributed by atoms with Crippen LogP contribution in [0.5, 0.6) is 0 Å². The average molecular weight is 565 g/mol. The molecular formula is C33H33ClN6O. The van der Waals surface area contributed by atoms with Gasteiger partial charge < -0.3 is 10.2 Å². The van der Waals surface area contributed by atoms with Gasteiger partial charge in [0, 0.05) is 57.4 Å². The number of nitrogens with zero attached hydrogens (tertiary/aromatic N) is 5. The van der Waals surface area contributed by atoms with Crippen molar-refractivity contribution in [2.45, 2.75) is 39.2 Å². The van der Waals surface area contributed by atoms with Crippen LogP contribution in [0.2, 0.25) is 5.02 Å². The molecule has 0 bridgehead atoms. The molecule has 0 radical (unpaired) electrons. The quantitative estimate of drug-likeness (QED) is 0.238. The molecule has 8 heteroatoms. The average Bonchev–Trinajstić information content (AvgIpc) is 2.98. The first kappa shape index (κ1) is 27.1. The second kappa shape index (κ2) is 11.4. The predicted octanol–water partition coefficient (Wildman–Crippen LogP) is 7.06. The van der Waals surface area contributed by atoms with Gasteiger partial charge in [-0.2, -0.15) is 4.98 Å². The van der Waals surface area contributed by atoms with E-state index >= 15 is 0 Å². The van der Waals surface area contributed by atoms with E-state index in [1.807, 2.05) is 56.4 Å². The number of piperidine rings is 1. The highest BCUT2D eigenvalue weighted by molar-refractivity contribution is 6.33. The molecule has 6 rings (SSSR count). The lowest BCUT2D eigenvalue weighted by atomic mass is 9.89. The normalized spacial score (nSPS) is 14.4. The van der Waals surface area contributed by atoms with Gasteiger partial charge in [-0.25, -0.2) is 4.98 Å². The first-order chi connectivity index (χ1) is 19.9. The first-order valence-electron chi connectivity index (χ1n) is 14.1. The molecule has 0 spiro atoms. The van der Waals surface area contributed by atoms with Crippen LogP contribution in [0.1, 0.15) is 36.9 Å². The molecule has 1 fully saturated rings. The summed E-state index contributed by atoms with van der Waals surface area (Å²) in [4.78, 5) is 29.7. The Morgan fingerprint density at radius 1 is 0.927 bits per heavy atom. The van der Waals surface area contributed by atoms with E-state index in [0.717, 1.165) is 41.0 Å². The number of pyridine rings is 2. The fourth-order valence-corrected chi connectivity index (χ4v) is 5.85. The lowest BCUT2D eigenvalue weighted by molar-refractivity contribution is 0.255. The van der Waals surface area contributed by atoms with Gasteiger partial charge in [0.1, 0.15) is 5.65 Å². The smallest absolute Gasteiger partial charge is 0.260 e. The van der Waals surface area contributed by atoms with Gasteiger partial charge in [-0.15, -0.1) is 0 Å². The molecule has 0 saturated carbocycles. The molecule has 2 aromatic carbocycles. The third kappa shape index (κ3) is 5.60. The summed E-state index contributed by atoms with van der Waals surface area (Å²) in [5, 5.41) is 4.59. The molecule has 3 aromatic heterocycles. The van der Waals surface area contributed by atoms with E-state index in [4.69, 9.17) is 16.6 Å². The number of fused-ring (bicyclic) bond motifs is 1. The summed E-state index contributed by atoms with van der Waals surface area (Å²) < 4.78 is 1.68. The molecular weight excluding hydrogens is 532 g/mol. The van der Waals surface area contributed by atoms with Gasteiger partial charge in [-0.05, 0) is 94.2 Å². The second-order valence-corrected chi connectivity index (χ2v) is 11.2. The minimum Gasteiger partial charge on any atom is -0.324 e. The minimum atomic E-state index is -0.140. The fraction of sp³-hybridized carbons (Fsp3) is 0.273. The zero-order chi connectivity index (χ0) is 28.5. The number of anilines is 2. The van der Waals surface area contributed by atoms with Crippen LogP contribution in [-0.4, -0.2) is 44.6 Å². The number of benzene rings is 2. The maximum atomic E-state index is 13.6. The molecule has 4 heterocycles. The first-order valence-corrected chi connectivity index (χ1v) is 14.5. The molecule has 1 saturated heterocycles. The van der Waals surface area contributed by atoms with Crippen molar-refractivity contribution in [1.82, 2.24) is 24.4 Å². The van der Waals surface area contributed by atoms with Gasteiger partial charge in [0.25, 0.3) is 5.56 Å². The lowest BCUT2D eigenvalue weighted by Crippen LogP contribution is -2.29. The van der Waals surface area contributed by atoms with Gasteiger partial charge in [-0.1, -0.05) is 41.9 Å². The van der Waals surface area contributed by atoms with E-state index in [0.29, 0.717) is 40.2 Å². The summed E-state index contributed by atoms with van der Waals surface area (Å²) in [6, 6.07) is 20.1. The highest BCUT2D eigenvalue weighted by Gasteiger charge is 2.19. The summed E-state index contributed by atoms with van der Waals surface area (Å²) in [5.41, 5.74) is 6.80. The van der Waals surface area contributed by atoms with E-state index in [1.165, 1.54) is 18.4 Å².